The normalized spacial score (nSPS) is 14.7. The van der Waals surface area contributed by atoms with Crippen LogP contribution in [0.5, 0.6) is 5.75 Å². The Balaban J connectivity index is 2.56. The third-order valence-corrected chi connectivity index (χ3v) is 3.56. The molecule has 1 aliphatic heterocycles. The number of ether oxygens (including phenoxy) is 1. The second kappa shape index (κ2) is 5.84. The smallest absolute Gasteiger partial charge is 0.335 e. The fourth-order valence-electron chi connectivity index (χ4n) is 2.31. The van der Waals surface area contributed by atoms with E-state index in [-0.39, 0.29) is 11.2 Å². The van der Waals surface area contributed by atoms with Gasteiger partial charge in [-0.2, -0.15) is 0 Å². The second-order valence-corrected chi connectivity index (χ2v) is 6.36. The third kappa shape index (κ3) is 3.48. The van der Waals surface area contributed by atoms with Crippen molar-refractivity contribution in [2.75, 3.05) is 0 Å². The molecule has 116 valence electrons. The van der Waals surface area contributed by atoms with E-state index in [1.54, 1.807) is 0 Å². The van der Waals surface area contributed by atoms with Crippen molar-refractivity contribution in [3.05, 3.63) is 53.1 Å². The summed E-state index contributed by atoms with van der Waals surface area (Å²) in [5, 5.41) is 9.17. The minimum atomic E-state index is -1.01. The summed E-state index contributed by atoms with van der Waals surface area (Å²) in [5.41, 5.74) is 3.44. The Hall–Kier alpha value is -2.29. The number of fused-ring (bicyclic) bond motifs is 1. The van der Waals surface area contributed by atoms with Crippen LogP contribution >= 0.6 is 0 Å². The van der Waals surface area contributed by atoms with E-state index in [0.717, 1.165) is 16.9 Å². The quantitative estimate of drug-likeness (QED) is 0.658. The number of benzene rings is 1. The van der Waals surface area contributed by atoms with E-state index >= 15 is 0 Å². The summed E-state index contributed by atoms with van der Waals surface area (Å²) in [4.78, 5) is 11.2. The van der Waals surface area contributed by atoms with Gasteiger partial charge >= 0.3 is 5.97 Å². The molecule has 3 heteroatoms. The molecule has 0 amide bonds. The van der Waals surface area contributed by atoms with Gasteiger partial charge in [-0.3, -0.25) is 0 Å². The minimum absolute atomic E-state index is 0.0967. The van der Waals surface area contributed by atoms with Crippen LogP contribution in [0.25, 0.3) is 11.6 Å². The Morgan fingerprint density at radius 3 is 2.64 bits per heavy atom. The van der Waals surface area contributed by atoms with Gasteiger partial charge in [0.1, 0.15) is 11.4 Å². The molecule has 1 aromatic rings. The average Bonchev–Trinajstić information content (AvgIpc) is 2.42. The fraction of sp³-hybridized carbons (Fsp3) is 0.316. The summed E-state index contributed by atoms with van der Waals surface area (Å²) in [6, 6.07) is 3.69. The largest absolute Gasteiger partial charge is 0.483 e. The highest BCUT2D eigenvalue weighted by molar-refractivity contribution is 6.14. The van der Waals surface area contributed by atoms with Crippen LogP contribution in [-0.2, 0) is 11.2 Å². The Labute approximate surface area is 131 Å². The van der Waals surface area contributed by atoms with Gasteiger partial charge < -0.3 is 9.84 Å². The van der Waals surface area contributed by atoms with Crippen LogP contribution in [0.2, 0.25) is 0 Å². The molecule has 0 spiro atoms. The lowest BCUT2D eigenvalue weighted by molar-refractivity contribution is -0.130. The lowest BCUT2D eigenvalue weighted by Gasteiger charge is -2.30. The van der Waals surface area contributed by atoms with Gasteiger partial charge in [-0.25, -0.2) is 4.79 Å². The highest BCUT2D eigenvalue weighted by atomic mass is 16.5. The highest BCUT2D eigenvalue weighted by Crippen LogP contribution is 2.37. The van der Waals surface area contributed by atoms with Crippen LogP contribution in [0.4, 0.5) is 0 Å². The van der Waals surface area contributed by atoms with Crippen molar-refractivity contribution < 1.29 is 14.6 Å². The predicted molar refractivity (Wildman–Crippen MR) is 90.0 cm³/mol. The van der Waals surface area contributed by atoms with Crippen molar-refractivity contribution in [1.29, 1.82) is 0 Å². The lowest BCUT2D eigenvalue weighted by Crippen LogP contribution is -2.28. The molecule has 1 aromatic carbocycles. The van der Waals surface area contributed by atoms with Crippen molar-refractivity contribution in [3.8, 4) is 5.75 Å². The summed E-state index contributed by atoms with van der Waals surface area (Å²) in [5.74, 6) is -0.180. The van der Waals surface area contributed by atoms with Gasteiger partial charge in [0.05, 0.1) is 5.57 Å². The molecule has 0 saturated carbocycles. The molecule has 3 nitrogen and oxygen atoms in total. The van der Waals surface area contributed by atoms with E-state index in [9.17, 15) is 9.90 Å². The van der Waals surface area contributed by atoms with Crippen LogP contribution in [0.1, 0.15) is 44.4 Å². The number of carboxylic acid groups (broad SMARTS) is 1. The molecule has 0 aliphatic carbocycles. The van der Waals surface area contributed by atoms with Gasteiger partial charge in [-0.15, -0.1) is 0 Å². The summed E-state index contributed by atoms with van der Waals surface area (Å²) >= 11 is 0. The number of carbonyl (C=O) groups is 1. The maximum atomic E-state index is 11.2. The number of rotatable bonds is 4. The van der Waals surface area contributed by atoms with Gasteiger partial charge in [0, 0.05) is 5.56 Å². The molecular formula is C19H22O3. The van der Waals surface area contributed by atoms with Crippen LogP contribution in [0.15, 0.2) is 36.4 Å². The van der Waals surface area contributed by atoms with Gasteiger partial charge in [0.15, 0.2) is 0 Å². The molecule has 0 saturated heterocycles. The summed E-state index contributed by atoms with van der Waals surface area (Å²) in [7, 11) is 0. The highest BCUT2D eigenvalue weighted by Gasteiger charge is 2.25. The third-order valence-electron chi connectivity index (χ3n) is 3.56. The van der Waals surface area contributed by atoms with Crippen molar-refractivity contribution >= 4 is 17.6 Å². The SMILES string of the molecule is C=C(C(=O)O)c1cc2c(c(CC=C(C)C)c1)OC(C)(C)C=C2. The molecule has 0 bridgehead atoms. The Bertz CT molecular complexity index is 687. The van der Waals surface area contributed by atoms with Crippen LogP contribution in [0.3, 0.4) is 0 Å². The molecule has 1 aliphatic rings. The average molecular weight is 298 g/mol. The van der Waals surface area contributed by atoms with Gasteiger partial charge in [-0.1, -0.05) is 24.3 Å². The number of aliphatic carboxylic acids is 1. The number of hydrogen-bond acceptors (Lipinski definition) is 2. The van der Waals surface area contributed by atoms with Gasteiger partial charge in [-0.05, 0) is 63.5 Å². The number of hydrogen-bond donors (Lipinski definition) is 1. The van der Waals surface area contributed by atoms with E-state index in [1.807, 2.05) is 52.0 Å². The monoisotopic (exact) mass is 298 g/mol. The first-order chi connectivity index (χ1) is 10.2. The standard InChI is InChI=1S/C19H22O3/c1-12(2)6-7-14-10-16(13(3)18(20)21)11-15-8-9-19(4,5)22-17(14)15/h6,8-11H,3,7H2,1-2,4-5H3,(H,20,21). The van der Waals surface area contributed by atoms with Gasteiger partial charge in [0.2, 0.25) is 0 Å². The van der Waals surface area contributed by atoms with Crippen molar-refractivity contribution in [1.82, 2.24) is 0 Å². The van der Waals surface area contributed by atoms with E-state index in [1.165, 1.54) is 5.57 Å². The summed E-state index contributed by atoms with van der Waals surface area (Å²) < 4.78 is 6.08. The van der Waals surface area contributed by atoms with Crippen molar-refractivity contribution in [2.24, 2.45) is 0 Å². The van der Waals surface area contributed by atoms with E-state index in [2.05, 4.69) is 12.7 Å². The maximum Gasteiger partial charge on any atom is 0.335 e. The first-order valence-electron chi connectivity index (χ1n) is 7.31. The van der Waals surface area contributed by atoms with E-state index in [4.69, 9.17) is 4.74 Å². The van der Waals surface area contributed by atoms with E-state index in [0.29, 0.717) is 12.0 Å². The molecule has 0 unspecified atom stereocenters. The molecule has 0 aromatic heterocycles. The molecular weight excluding hydrogens is 276 g/mol. The summed E-state index contributed by atoms with van der Waals surface area (Å²) in [6.45, 7) is 11.7. The van der Waals surface area contributed by atoms with Crippen molar-refractivity contribution in [3.63, 3.8) is 0 Å². The second-order valence-electron chi connectivity index (χ2n) is 6.36. The molecule has 1 N–H and O–H groups in total. The van der Waals surface area contributed by atoms with Gasteiger partial charge in [0.25, 0.3) is 0 Å². The molecule has 0 fully saturated rings. The molecule has 0 radical (unpaired) electrons. The Kier molecular flexibility index (Phi) is 4.27. The van der Waals surface area contributed by atoms with Crippen LogP contribution in [-0.4, -0.2) is 16.7 Å². The summed E-state index contributed by atoms with van der Waals surface area (Å²) in [6.07, 6.45) is 6.78. The zero-order chi connectivity index (χ0) is 16.5. The number of allylic oxidation sites excluding steroid dienone is 2. The van der Waals surface area contributed by atoms with Crippen LogP contribution in [0, 0.1) is 0 Å². The Morgan fingerprint density at radius 2 is 2.05 bits per heavy atom. The lowest BCUT2D eigenvalue weighted by atomic mass is 9.93. The molecule has 1 heterocycles. The maximum absolute atomic E-state index is 11.2. The first-order valence-corrected chi connectivity index (χ1v) is 7.31. The fourth-order valence-corrected chi connectivity index (χ4v) is 2.31. The number of carboxylic acids is 1. The molecule has 22 heavy (non-hydrogen) atoms. The molecule has 0 atom stereocenters. The first kappa shape index (κ1) is 16.1. The predicted octanol–water partition coefficient (Wildman–Crippen LogP) is 4.48. The molecule has 2 rings (SSSR count). The Morgan fingerprint density at radius 1 is 1.36 bits per heavy atom. The van der Waals surface area contributed by atoms with Crippen molar-refractivity contribution in [2.45, 2.75) is 39.7 Å². The van der Waals surface area contributed by atoms with E-state index < -0.39 is 5.97 Å². The minimum Gasteiger partial charge on any atom is -0.483 e. The zero-order valence-electron chi connectivity index (χ0n) is 13.6. The zero-order valence-corrected chi connectivity index (χ0v) is 13.6. The topological polar surface area (TPSA) is 46.5 Å². The van der Waals surface area contributed by atoms with Crippen LogP contribution < -0.4 is 4.74 Å².